The first kappa shape index (κ1) is 16.2. The van der Waals surface area contributed by atoms with Gasteiger partial charge >= 0.3 is 6.09 Å². The Hall–Kier alpha value is -2.28. The van der Waals surface area contributed by atoms with Gasteiger partial charge in [0.1, 0.15) is 11.9 Å². The SMILES string of the molecule is Cc1cc2cnn(C3CCCCO3)c2cc1OC1CCN(C(=O)O)C1. The predicted octanol–water partition coefficient (Wildman–Crippen LogP) is 3.17. The number of hydrogen-bond acceptors (Lipinski definition) is 4. The molecule has 0 spiro atoms. The number of likely N-dealkylation sites (tertiary alicyclic amines) is 1. The van der Waals surface area contributed by atoms with Gasteiger partial charge in [-0.05, 0) is 37.8 Å². The van der Waals surface area contributed by atoms with Crippen LogP contribution >= 0.6 is 0 Å². The number of carbonyl (C=O) groups is 1. The van der Waals surface area contributed by atoms with E-state index in [0.29, 0.717) is 13.1 Å². The van der Waals surface area contributed by atoms with E-state index in [0.717, 1.165) is 54.5 Å². The minimum Gasteiger partial charge on any atom is -0.488 e. The zero-order valence-electron chi connectivity index (χ0n) is 14.4. The van der Waals surface area contributed by atoms with Gasteiger partial charge in [0, 0.05) is 31.0 Å². The number of nitrogens with zero attached hydrogens (tertiary/aromatic N) is 3. The molecule has 2 atom stereocenters. The molecular formula is C18H23N3O4. The Balaban J connectivity index is 1.58. The second-order valence-corrected chi connectivity index (χ2v) is 6.84. The van der Waals surface area contributed by atoms with E-state index in [1.54, 1.807) is 0 Å². The Morgan fingerprint density at radius 1 is 1.36 bits per heavy atom. The molecule has 134 valence electrons. The van der Waals surface area contributed by atoms with Gasteiger partial charge in [-0.25, -0.2) is 9.48 Å². The molecule has 2 saturated heterocycles. The van der Waals surface area contributed by atoms with Crippen LogP contribution in [0.4, 0.5) is 4.79 Å². The van der Waals surface area contributed by atoms with Crippen molar-refractivity contribution in [2.45, 2.75) is 44.9 Å². The number of hydrogen-bond donors (Lipinski definition) is 1. The van der Waals surface area contributed by atoms with Crippen LogP contribution in [0.2, 0.25) is 0 Å². The number of fused-ring (bicyclic) bond motifs is 1. The molecule has 1 amide bonds. The van der Waals surface area contributed by atoms with Crippen molar-refractivity contribution in [1.29, 1.82) is 0 Å². The zero-order valence-corrected chi connectivity index (χ0v) is 14.4. The maximum Gasteiger partial charge on any atom is 0.407 e. The zero-order chi connectivity index (χ0) is 17.4. The minimum atomic E-state index is -0.884. The van der Waals surface area contributed by atoms with E-state index >= 15 is 0 Å². The molecule has 2 aliphatic rings. The van der Waals surface area contributed by atoms with Crippen molar-refractivity contribution in [3.8, 4) is 5.75 Å². The number of ether oxygens (including phenoxy) is 2. The lowest BCUT2D eigenvalue weighted by Crippen LogP contribution is -2.29. The first-order valence-corrected chi connectivity index (χ1v) is 8.86. The number of aryl methyl sites for hydroxylation is 1. The van der Waals surface area contributed by atoms with Crippen molar-refractivity contribution >= 4 is 17.0 Å². The Labute approximate surface area is 146 Å². The Morgan fingerprint density at radius 3 is 2.96 bits per heavy atom. The fraction of sp³-hybridized carbons (Fsp3) is 0.556. The second kappa shape index (κ2) is 6.55. The average molecular weight is 345 g/mol. The number of carboxylic acid groups (broad SMARTS) is 1. The summed E-state index contributed by atoms with van der Waals surface area (Å²) < 4.78 is 13.9. The number of benzene rings is 1. The summed E-state index contributed by atoms with van der Waals surface area (Å²) in [4.78, 5) is 12.5. The summed E-state index contributed by atoms with van der Waals surface area (Å²) in [6.07, 6.45) is 4.80. The van der Waals surface area contributed by atoms with Crippen LogP contribution in [0.5, 0.6) is 5.75 Å². The molecule has 0 radical (unpaired) electrons. The van der Waals surface area contributed by atoms with Gasteiger partial charge in [-0.3, -0.25) is 0 Å². The van der Waals surface area contributed by atoms with Crippen LogP contribution in [0.15, 0.2) is 18.3 Å². The Bertz CT molecular complexity index is 782. The highest BCUT2D eigenvalue weighted by Gasteiger charge is 2.28. The van der Waals surface area contributed by atoms with Crippen molar-refractivity contribution < 1.29 is 19.4 Å². The maximum atomic E-state index is 11.1. The third kappa shape index (κ3) is 3.16. The van der Waals surface area contributed by atoms with Gasteiger partial charge < -0.3 is 19.5 Å². The van der Waals surface area contributed by atoms with Crippen LogP contribution in [0.1, 0.15) is 37.5 Å². The Morgan fingerprint density at radius 2 is 2.24 bits per heavy atom. The van der Waals surface area contributed by atoms with Gasteiger partial charge in [-0.1, -0.05) is 0 Å². The second-order valence-electron chi connectivity index (χ2n) is 6.84. The summed E-state index contributed by atoms with van der Waals surface area (Å²) in [6.45, 7) is 3.72. The van der Waals surface area contributed by atoms with Crippen LogP contribution in [0, 0.1) is 6.92 Å². The largest absolute Gasteiger partial charge is 0.488 e. The van der Waals surface area contributed by atoms with Gasteiger partial charge in [0.05, 0.1) is 18.3 Å². The molecule has 1 N–H and O–H groups in total. The van der Waals surface area contributed by atoms with Gasteiger partial charge in [0.25, 0.3) is 0 Å². The van der Waals surface area contributed by atoms with E-state index in [1.807, 2.05) is 23.9 Å². The third-order valence-electron chi connectivity index (χ3n) is 5.03. The average Bonchev–Trinajstić information content (AvgIpc) is 3.23. The molecule has 2 fully saturated rings. The molecule has 1 aromatic carbocycles. The van der Waals surface area contributed by atoms with Gasteiger partial charge in [0.2, 0.25) is 0 Å². The highest BCUT2D eigenvalue weighted by atomic mass is 16.5. The maximum absolute atomic E-state index is 11.1. The van der Waals surface area contributed by atoms with Crippen LogP contribution in [-0.2, 0) is 4.74 Å². The predicted molar refractivity (Wildman–Crippen MR) is 91.9 cm³/mol. The standard InChI is InChI=1S/C18H23N3O4/c1-12-8-13-10-19-21(17-4-2-3-7-24-17)15(13)9-16(12)25-14-5-6-20(11-14)18(22)23/h8-10,14,17H,2-7,11H2,1H3,(H,22,23). The summed E-state index contributed by atoms with van der Waals surface area (Å²) in [5, 5.41) is 14.7. The van der Waals surface area contributed by atoms with E-state index < -0.39 is 6.09 Å². The fourth-order valence-electron chi connectivity index (χ4n) is 3.64. The first-order valence-electron chi connectivity index (χ1n) is 8.86. The fourth-order valence-corrected chi connectivity index (χ4v) is 3.64. The van der Waals surface area contributed by atoms with Crippen molar-refractivity contribution in [2.24, 2.45) is 0 Å². The molecule has 2 aliphatic heterocycles. The van der Waals surface area contributed by atoms with Crippen LogP contribution in [-0.4, -0.2) is 51.7 Å². The lowest BCUT2D eigenvalue weighted by atomic mass is 10.1. The van der Waals surface area contributed by atoms with E-state index in [4.69, 9.17) is 14.6 Å². The molecule has 0 bridgehead atoms. The summed E-state index contributed by atoms with van der Waals surface area (Å²) in [7, 11) is 0. The summed E-state index contributed by atoms with van der Waals surface area (Å²) in [5.74, 6) is 0.794. The molecule has 1 aromatic heterocycles. The summed E-state index contributed by atoms with van der Waals surface area (Å²) in [6, 6.07) is 4.08. The van der Waals surface area contributed by atoms with Crippen molar-refractivity contribution in [1.82, 2.24) is 14.7 Å². The van der Waals surface area contributed by atoms with Crippen LogP contribution in [0.3, 0.4) is 0 Å². The van der Waals surface area contributed by atoms with Gasteiger partial charge in [0.15, 0.2) is 6.23 Å². The van der Waals surface area contributed by atoms with Crippen molar-refractivity contribution in [3.05, 3.63) is 23.9 Å². The van der Waals surface area contributed by atoms with E-state index in [1.165, 1.54) is 4.90 Å². The lowest BCUT2D eigenvalue weighted by molar-refractivity contribution is -0.0366. The molecule has 2 aromatic rings. The molecule has 7 nitrogen and oxygen atoms in total. The minimum absolute atomic E-state index is 0.0178. The highest BCUT2D eigenvalue weighted by Crippen LogP contribution is 2.31. The molecule has 0 aliphatic carbocycles. The molecule has 25 heavy (non-hydrogen) atoms. The van der Waals surface area contributed by atoms with E-state index in [-0.39, 0.29) is 12.3 Å². The smallest absolute Gasteiger partial charge is 0.407 e. The monoisotopic (exact) mass is 345 g/mol. The molecule has 2 unspecified atom stereocenters. The third-order valence-corrected chi connectivity index (χ3v) is 5.03. The van der Waals surface area contributed by atoms with Gasteiger partial charge in [-0.15, -0.1) is 0 Å². The molecule has 0 saturated carbocycles. The highest BCUT2D eigenvalue weighted by molar-refractivity contribution is 5.81. The number of amides is 1. The topological polar surface area (TPSA) is 76.8 Å². The summed E-state index contributed by atoms with van der Waals surface area (Å²) >= 11 is 0. The van der Waals surface area contributed by atoms with E-state index in [2.05, 4.69) is 11.2 Å². The molecule has 4 rings (SSSR count). The van der Waals surface area contributed by atoms with Gasteiger partial charge in [-0.2, -0.15) is 5.10 Å². The van der Waals surface area contributed by atoms with Crippen molar-refractivity contribution in [3.63, 3.8) is 0 Å². The van der Waals surface area contributed by atoms with Crippen molar-refractivity contribution in [2.75, 3.05) is 19.7 Å². The van der Waals surface area contributed by atoms with Crippen LogP contribution < -0.4 is 4.74 Å². The summed E-state index contributed by atoms with van der Waals surface area (Å²) in [5.41, 5.74) is 2.03. The first-order chi connectivity index (χ1) is 12.1. The number of aromatic nitrogens is 2. The quantitative estimate of drug-likeness (QED) is 0.924. The van der Waals surface area contributed by atoms with Crippen LogP contribution in [0.25, 0.3) is 10.9 Å². The number of rotatable bonds is 3. The molecule has 3 heterocycles. The molecule has 7 heteroatoms. The Kier molecular flexibility index (Phi) is 4.25. The molecular weight excluding hydrogens is 322 g/mol. The normalized spacial score (nSPS) is 24.0. The lowest BCUT2D eigenvalue weighted by Gasteiger charge is -2.24. The van der Waals surface area contributed by atoms with E-state index in [9.17, 15) is 4.79 Å².